The van der Waals surface area contributed by atoms with Gasteiger partial charge in [-0.2, -0.15) is 0 Å². The second-order valence-electron chi connectivity index (χ2n) is 7.06. The molecule has 136 valence electrons. The topological polar surface area (TPSA) is 83.1 Å². The van der Waals surface area contributed by atoms with Crippen LogP contribution in [0.5, 0.6) is 0 Å². The lowest BCUT2D eigenvalue weighted by molar-refractivity contribution is -0.142. The van der Waals surface area contributed by atoms with E-state index in [9.17, 15) is 15.0 Å². The first-order valence-corrected chi connectivity index (χ1v) is 8.63. The molecule has 2 heterocycles. The number of hydrogen-bond donors (Lipinski definition) is 2. The standard InChI is InChI=1S/C18H29NO5/c1-12(2)8-19(9-14-10-23-11-16(20)18(14)22)17(21)7-6-15-5-4-13(3)24-15/h4-5,12,14,16,18,20,22H,6-11H2,1-3H3/t14-,16-,18+/m1/s1. The van der Waals surface area contributed by atoms with Crippen molar-refractivity contribution in [1.29, 1.82) is 0 Å². The minimum atomic E-state index is -0.883. The first-order valence-electron chi connectivity index (χ1n) is 8.63. The Morgan fingerprint density at radius 1 is 1.33 bits per heavy atom. The van der Waals surface area contributed by atoms with Gasteiger partial charge in [0.2, 0.25) is 5.91 Å². The summed E-state index contributed by atoms with van der Waals surface area (Å²) in [6, 6.07) is 3.79. The number of carbonyl (C=O) groups is 1. The van der Waals surface area contributed by atoms with Crippen molar-refractivity contribution >= 4 is 5.91 Å². The molecule has 0 unspecified atom stereocenters. The van der Waals surface area contributed by atoms with Gasteiger partial charge in [-0.15, -0.1) is 0 Å². The fourth-order valence-electron chi connectivity index (χ4n) is 3.02. The number of aliphatic hydroxyl groups excluding tert-OH is 2. The third-order valence-electron chi connectivity index (χ3n) is 4.27. The van der Waals surface area contributed by atoms with Crippen LogP contribution in [0.1, 0.15) is 31.8 Å². The van der Waals surface area contributed by atoms with Gasteiger partial charge in [0.1, 0.15) is 17.6 Å². The molecule has 2 N–H and O–H groups in total. The third-order valence-corrected chi connectivity index (χ3v) is 4.27. The number of aryl methyl sites for hydroxylation is 2. The van der Waals surface area contributed by atoms with Crippen LogP contribution >= 0.6 is 0 Å². The highest BCUT2D eigenvalue weighted by atomic mass is 16.5. The van der Waals surface area contributed by atoms with Crippen molar-refractivity contribution in [2.24, 2.45) is 11.8 Å². The van der Waals surface area contributed by atoms with E-state index in [0.29, 0.717) is 38.5 Å². The van der Waals surface area contributed by atoms with Crippen LogP contribution in [0.2, 0.25) is 0 Å². The Balaban J connectivity index is 1.94. The number of ether oxygens (including phenoxy) is 1. The molecule has 0 aliphatic carbocycles. The Labute approximate surface area is 143 Å². The molecule has 1 amide bonds. The SMILES string of the molecule is Cc1ccc(CCC(=O)N(CC(C)C)C[C@@H]2COC[C@@H](O)[C@H]2O)o1. The minimum Gasteiger partial charge on any atom is -0.466 e. The van der Waals surface area contributed by atoms with Gasteiger partial charge in [0, 0.05) is 31.8 Å². The van der Waals surface area contributed by atoms with E-state index in [1.165, 1.54) is 0 Å². The van der Waals surface area contributed by atoms with Crippen molar-refractivity contribution in [3.05, 3.63) is 23.7 Å². The maximum Gasteiger partial charge on any atom is 0.223 e. The number of hydrogen-bond acceptors (Lipinski definition) is 5. The highest BCUT2D eigenvalue weighted by molar-refractivity contribution is 5.76. The van der Waals surface area contributed by atoms with Crippen molar-refractivity contribution in [2.45, 2.75) is 45.8 Å². The van der Waals surface area contributed by atoms with Crippen LogP contribution in [0, 0.1) is 18.8 Å². The van der Waals surface area contributed by atoms with E-state index in [-0.39, 0.29) is 18.4 Å². The van der Waals surface area contributed by atoms with Gasteiger partial charge in [-0.1, -0.05) is 13.8 Å². The van der Waals surface area contributed by atoms with Gasteiger partial charge in [-0.05, 0) is 25.0 Å². The molecule has 3 atom stereocenters. The average molecular weight is 339 g/mol. The quantitative estimate of drug-likeness (QED) is 0.784. The van der Waals surface area contributed by atoms with Gasteiger partial charge in [0.05, 0.1) is 19.3 Å². The van der Waals surface area contributed by atoms with E-state index < -0.39 is 12.2 Å². The van der Waals surface area contributed by atoms with E-state index in [2.05, 4.69) is 13.8 Å². The smallest absolute Gasteiger partial charge is 0.223 e. The lowest BCUT2D eigenvalue weighted by Gasteiger charge is -2.36. The predicted molar refractivity (Wildman–Crippen MR) is 89.5 cm³/mol. The summed E-state index contributed by atoms with van der Waals surface area (Å²) in [5.41, 5.74) is 0. The highest BCUT2D eigenvalue weighted by Crippen LogP contribution is 2.18. The zero-order valence-electron chi connectivity index (χ0n) is 14.8. The summed E-state index contributed by atoms with van der Waals surface area (Å²) in [5, 5.41) is 19.9. The molecule has 0 bridgehead atoms. The molecule has 2 rings (SSSR count). The molecule has 1 saturated heterocycles. The molecule has 1 aliphatic heterocycles. The normalized spacial score (nSPS) is 24.3. The van der Waals surface area contributed by atoms with Crippen LogP contribution in [-0.4, -0.2) is 59.5 Å². The van der Waals surface area contributed by atoms with Crippen molar-refractivity contribution < 1.29 is 24.2 Å². The first-order chi connectivity index (χ1) is 11.4. The number of furan rings is 1. The minimum absolute atomic E-state index is 0.0324. The molecule has 1 aromatic heterocycles. The van der Waals surface area contributed by atoms with E-state index in [0.717, 1.165) is 11.5 Å². The highest BCUT2D eigenvalue weighted by Gasteiger charge is 2.33. The lowest BCUT2D eigenvalue weighted by atomic mass is 9.95. The van der Waals surface area contributed by atoms with E-state index >= 15 is 0 Å². The predicted octanol–water partition coefficient (Wildman–Crippen LogP) is 1.37. The van der Waals surface area contributed by atoms with Crippen LogP contribution < -0.4 is 0 Å². The van der Waals surface area contributed by atoms with Gasteiger partial charge in [0.15, 0.2) is 0 Å². The van der Waals surface area contributed by atoms with Gasteiger partial charge >= 0.3 is 0 Å². The maximum atomic E-state index is 12.6. The van der Waals surface area contributed by atoms with Crippen LogP contribution in [0.3, 0.4) is 0 Å². The maximum absolute atomic E-state index is 12.6. The summed E-state index contributed by atoms with van der Waals surface area (Å²) in [4.78, 5) is 14.4. The Hall–Kier alpha value is -1.37. The summed E-state index contributed by atoms with van der Waals surface area (Å²) in [7, 11) is 0. The number of carbonyl (C=O) groups excluding carboxylic acids is 1. The number of nitrogens with zero attached hydrogens (tertiary/aromatic N) is 1. The largest absolute Gasteiger partial charge is 0.466 e. The molecular formula is C18H29NO5. The van der Waals surface area contributed by atoms with Crippen molar-refractivity contribution in [2.75, 3.05) is 26.3 Å². The fraction of sp³-hybridized carbons (Fsp3) is 0.722. The van der Waals surface area contributed by atoms with E-state index in [1.807, 2.05) is 19.1 Å². The zero-order valence-corrected chi connectivity index (χ0v) is 14.8. The fourth-order valence-corrected chi connectivity index (χ4v) is 3.02. The summed E-state index contributed by atoms with van der Waals surface area (Å²) in [6.07, 6.45) is -0.806. The Bertz CT molecular complexity index is 527. The molecule has 6 heteroatoms. The molecule has 1 fully saturated rings. The zero-order chi connectivity index (χ0) is 17.7. The Kier molecular flexibility index (Phi) is 6.83. The van der Waals surface area contributed by atoms with Crippen molar-refractivity contribution in [3.8, 4) is 0 Å². The molecular weight excluding hydrogens is 310 g/mol. The molecule has 0 spiro atoms. The molecule has 0 saturated carbocycles. The Morgan fingerprint density at radius 2 is 2.08 bits per heavy atom. The van der Waals surface area contributed by atoms with Crippen LogP contribution in [0.15, 0.2) is 16.5 Å². The Morgan fingerprint density at radius 3 is 2.71 bits per heavy atom. The summed E-state index contributed by atoms with van der Waals surface area (Å²) < 4.78 is 10.8. The molecule has 6 nitrogen and oxygen atoms in total. The molecule has 0 aromatic carbocycles. The number of rotatable bonds is 7. The van der Waals surface area contributed by atoms with E-state index in [4.69, 9.17) is 9.15 Å². The number of amides is 1. The first kappa shape index (κ1) is 19.0. The van der Waals surface area contributed by atoms with Crippen molar-refractivity contribution in [3.63, 3.8) is 0 Å². The van der Waals surface area contributed by atoms with Crippen LogP contribution in [-0.2, 0) is 16.0 Å². The van der Waals surface area contributed by atoms with Gasteiger partial charge in [0.25, 0.3) is 0 Å². The summed E-state index contributed by atoms with van der Waals surface area (Å²) >= 11 is 0. The van der Waals surface area contributed by atoms with Gasteiger partial charge in [-0.3, -0.25) is 4.79 Å². The lowest BCUT2D eigenvalue weighted by Crippen LogP contribution is -2.50. The van der Waals surface area contributed by atoms with E-state index in [1.54, 1.807) is 4.90 Å². The molecule has 24 heavy (non-hydrogen) atoms. The molecule has 0 radical (unpaired) electrons. The third kappa shape index (κ3) is 5.33. The van der Waals surface area contributed by atoms with Crippen LogP contribution in [0.4, 0.5) is 0 Å². The van der Waals surface area contributed by atoms with Gasteiger partial charge in [-0.25, -0.2) is 0 Å². The summed E-state index contributed by atoms with van der Waals surface area (Å²) in [6.45, 7) is 7.51. The monoisotopic (exact) mass is 339 g/mol. The summed E-state index contributed by atoms with van der Waals surface area (Å²) in [5.74, 6) is 1.74. The van der Waals surface area contributed by atoms with Crippen LogP contribution in [0.25, 0.3) is 0 Å². The number of aliphatic hydroxyl groups is 2. The average Bonchev–Trinajstić information content (AvgIpc) is 2.94. The second kappa shape index (κ2) is 8.65. The second-order valence-corrected chi connectivity index (χ2v) is 7.06. The van der Waals surface area contributed by atoms with Gasteiger partial charge < -0.3 is 24.3 Å². The molecule has 1 aromatic rings. The van der Waals surface area contributed by atoms with Crippen molar-refractivity contribution in [1.82, 2.24) is 4.90 Å². The molecule has 1 aliphatic rings.